The molecule has 0 fully saturated rings. The highest BCUT2D eigenvalue weighted by molar-refractivity contribution is 7.80. The predicted molar refractivity (Wildman–Crippen MR) is 184 cm³/mol. The number of nitrogens with zero attached hydrogens (tertiary/aromatic N) is 3. The fraction of sp³-hybridized carbons (Fsp3) is 0. The van der Waals surface area contributed by atoms with E-state index in [1.165, 1.54) is 26.5 Å². The van der Waals surface area contributed by atoms with Crippen molar-refractivity contribution < 1.29 is 0 Å². The van der Waals surface area contributed by atoms with Crippen molar-refractivity contribution in [1.29, 1.82) is 0 Å². The SMILES string of the molecule is c1ccc(-c2nnn(-c3ccccc3P(c3ccccc3)c3ccccc3)c2P(c2ccccc2)c2ccccc2)cc1. The molecule has 206 valence electrons. The second kappa shape index (κ2) is 12.7. The number of para-hydroxylation sites is 1. The zero-order chi connectivity index (χ0) is 28.8. The van der Waals surface area contributed by atoms with Crippen LogP contribution in [-0.4, -0.2) is 15.0 Å². The normalized spacial score (nSPS) is 11.2. The van der Waals surface area contributed by atoms with Crippen molar-refractivity contribution in [2.45, 2.75) is 0 Å². The number of aromatic nitrogens is 3. The minimum atomic E-state index is -0.993. The molecule has 7 aromatic rings. The van der Waals surface area contributed by atoms with Crippen molar-refractivity contribution in [3.8, 4) is 16.9 Å². The molecule has 0 radical (unpaired) electrons. The molecule has 1 aromatic heterocycles. The van der Waals surface area contributed by atoms with E-state index in [1.807, 2.05) is 6.07 Å². The molecule has 0 unspecified atom stereocenters. The van der Waals surface area contributed by atoms with Crippen molar-refractivity contribution >= 4 is 47.8 Å². The van der Waals surface area contributed by atoms with Gasteiger partial charge >= 0.3 is 0 Å². The van der Waals surface area contributed by atoms with Crippen LogP contribution >= 0.6 is 15.8 Å². The molecule has 43 heavy (non-hydrogen) atoms. The Balaban J connectivity index is 1.51. The van der Waals surface area contributed by atoms with Crippen LogP contribution in [0, 0.1) is 0 Å². The Bertz CT molecular complexity index is 1830. The van der Waals surface area contributed by atoms with Crippen LogP contribution < -0.4 is 32.0 Å². The highest BCUT2D eigenvalue weighted by Crippen LogP contribution is 2.39. The first-order valence-electron chi connectivity index (χ1n) is 14.3. The Morgan fingerprint density at radius 1 is 0.395 bits per heavy atom. The van der Waals surface area contributed by atoms with Crippen molar-refractivity contribution in [3.05, 3.63) is 176 Å². The molecule has 3 nitrogen and oxygen atoms in total. The van der Waals surface area contributed by atoms with E-state index in [2.05, 4.69) is 175 Å². The maximum atomic E-state index is 4.96. The largest absolute Gasteiger partial charge is 0.211 e. The second-order valence-corrected chi connectivity index (χ2v) is 14.4. The lowest BCUT2D eigenvalue weighted by molar-refractivity contribution is 0.820. The lowest BCUT2D eigenvalue weighted by Crippen LogP contribution is -2.31. The number of benzene rings is 6. The van der Waals surface area contributed by atoms with Crippen molar-refractivity contribution in [3.63, 3.8) is 0 Å². The quantitative estimate of drug-likeness (QED) is 0.191. The van der Waals surface area contributed by atoms with Gasteiger partial charge in [-0.1, -0.05) is 175 Å². The summed E-state index contributed by atoms with van der Waals surface area (Å²) >= 11 is 0. The van der Waals surface area contributed by atoms with Gasteiger partial charge in [-0.05, 0) is 35.2 Å². The number of hydrogen-bond donors (Lipinski definition) is 0. The molecule has 0 amide bonds. The van der Waals surface area contributed by atoms with Crippen molar-refractivity contribution in [2.75, 3.05) is 0 Å². The summed E-state index contributed by atoms with van der Waals surface area (Å²) in [6.45, 7) is 0. The molecule has 0 bridgehead atoms. The van der Waals surface area contributed by atoms with Crippen LogP contribution in [-0.2, 0) is 0 Å². The second-order valence-electron chi connectivity index (χ2n) is 10.0. The summed E-state index contributed by atoms with van der Waals surface area (Å²) < 4.78 is 2.13. The van der Waals surface area contributed by atoms with E-state index in [0.717, 1.165) is 22.4 Å². The van der Waals surface area contributed by atoms with Crippen LogP contribution in [0.25, 0.3) is 16.9 Å². The zero-order valence-corrected chi connectivity index (χ0v) is 25.3. The molecule has 0 saturated carbocycles. The molecule has 5 heteroatoms. The molecule has 0 N–H and O–H groups in total. The first kappa shape index (κ1) is 27.2. The van der Waals surface area contributed by atoms with Gasteiger partial charge in [-0.15, -0.1) is 5.10 Å². The average molecular weight is 590 g/mol. The molecule has 6 aromatic carbocycles. The van der Waals surface area contributed by atoms with Crippen LogP contribution in [0.1, 0.15) is 0 Å². The van der Waals surface area contributed by atoms with E-state index in [9.17, 15) is 0 Å². The van der Waals surface area contributed by atoms with Gasteiger partial charge in [0.2, 0.25) is 0 Å². The molecular weight excluding hydrogens is 560 g/mol. The molecule has 1 heterocycles. The molecule has 0 aliphatic carbocycles. The van der Waals surface area contributed by atoms with E-state index < -0.39 is 15.8 Å². The highest BCUT2D eigenvalue weighted by atomic mass is 31.1. The summed E-state index contributed by atoms with van der Waals surface area (Å²) in [4.78, 5) is 0. The van der Waals surface area contributed by atoms with Gasteiger partial charge in [0, 0.05) is 18.8 Å². The van der Waals surface area contributed by atoms with Crippen LogP contribution in [0.15, 0.2) is 176 Å². The van der Waals surface area contributed by atoms with E-state index in [0.29, 0.717) is 0 Å². The third kappa shape index (κ3) is 5.58. The number of rotatable bonds is 8. The van der Waals surface area contributed by atoms with E-state index in [-0.39, 0.29) is 0 Å². The van der Waals surface area contributed by atoms with Gasteiger partial charge in [0.15, 0.2) is 0 Å². The Hall–Kier alpha value is -4.68. The van der Waals surface area contributed by atoms with Gasteiger partial charge in [0.1, 0.15) is 11.1 Å². The molecule has 0 spiro atoms. The maximum absolute atomic E-state index is 4.96. The molecule has 0 aliphatic rings. The van der Waals surface area contributed by atoms with Crippen molar-refractivity contribution in [1.82, 2.24) is 15.0 Å². The predicted octanol–water partition coefficient (Wildman–Crippen LogP) is 6.45. The van der Waals surface area contributed by atoms with Gasteiger partial charge in [-0.3, -0.25) is 0 Å². The summed E-state index contributed by atoms with van der Waals surface area (Å²) in [6.07, 6.45) is 0. The van der Waals surface area contributed by atoms with E-state index >= 15 is 0 Å². The van der Waals surface area contributed by atoms with E-state index in [1.54, 1.807) is 0 Å². The standard InChI is InChI=1S/C38H29N3P2/c1-6-18-30(19-7-1)37-38(43(33-24-12-4-13-25-33)34-26-14-5-15-27-34)41(40-39-37)35-28-16-17-29-36(35)42(31-20-8-2-9-21-31)32-22-10-3-11-23-32/h1-29H. The highest BCUT2D eigenvalue weighted by Gasteiger charge is 2.29. The minimum Gasteiger partial charge on any atom is -0.211 e. The maximum Gasteiger partial charge on any atom is 0.121 e. The average Bonchev–Trinajstić information content (AvgIpc) is 3.52. The van der Waals surface area contributed by atoms with Crippen molar-refractivity contribution in [2.24, 2.45) is 0 Å². The smallest absolute Gasteiger partial charge is 0.121 e. The molecule has 0 saturated heterocycles. The first-order valence-corrected chi connectivity index (χ1v) is 17.0. The van der Waals surface area contributed by atoms with Crippen LogP contribution in [0.5, 0.6) is 0 Å². The van der Waals surface area contributed by atoms with Gasteiger partial charge in [0.05, 0.1) is 5.69 Å². The van der Waals surface area contributed by atoms with Gasteiger partial charge < -0.3 is 0 Å². The lowest BCUT2D eigenvalue weighted by Gasteiger charge is -2.25. The van der Waals surface area contributed by atoms with Gasteiger partial charge in [0.25, 0.3) is 0 Å². The monoisotopic (exact) mass is 589 g/mol. The Labute approximate surface area is 255 Å². The summed E-state index contributed by atoms with van der Waals surface area (Å²) in [6, 6.07) is 62.5. The van der Waals surface area contributed by atoms with Crippen LogP contribution in [0.3, 0.4) is 0 Å². The Morgan fingerprint density at radius 2 is 0.791 bits per heavy atom. The molecular formula is C38H29N3P2. The first-order chi connectivity index (χ1) is 21.4. The Kier molecular flexibility index (Phi) is 8.01. The summed E-state index contributed by atoms with van der Waals surface area (Å²) in [5.74, 6) is 0. The Morgan fingerprint density at radius 3 is 1.28 bits per heavy atom. The summed E-state index contributed by atoms with van der Waals surface area (Å²) in [5, 5.41) is 16.2. The molecule has 0 aliphatic heterocycles. The fourth-order valence-electron chi connectivity index (χ4n) is 5.38. The third-order valence-corrected chi connectivity index (χ3v) is 12.3. The fourth-order valence-corrected chi connectivity index (χ4v) is 10.3. The molecule has 0 atom stereocenters. The van der Waals surface area contributed by atoms with E-state index in [4.69, 9.17) is 10.3 Å². The van der Waals surface area contributed by atoms with Crippen LogP contribution in [0.4, 0.5) is 0 Å². The minimum absolute atomic E-state index is 0.857. The van der Waals surface area contributed by atoms with Crippen LogP contribution in [0.2, 0.25) is 0 Å². The lowest BCUT2D eigenvalue weighted by atomic mass is 10.2. The zero-order valence-electron chi connectivity index (χ0n) is 23.5. The summed E-state index contributed by atoms with van der Waals surface area (Å²) in [7, 11) is -1.85. The summed E-state index contributed by atoms with van der Waals surface area (Å²) in [5.41, 5.74) is 4.15. The number of hydrogen-bond acceptors (Lipinski definition) is 2. The topological polar surface area (TPSA) is 30.7 Å². The van der Waals surface area contributed by atoms with Gasteiger partial charge in [-0.2, -0.15) is 0 Å². The van der Waals surface area contributed by atoms with Gasteiger partial charge in [-0.25, -0.2) is 4.68 Å². The third-order valence-electron chi connectivity index (χ3n) is 7.31. The molecule has 7 rings (SSSR count).